The average Bonchev–Trinajstić information content (AvgIpc) is 2.70. The number of nitrogens with one attached hydrogen (secondary N) is 1. The second-order valence-corrected chi connectivity index (χ2v) is 8.40. The number of aryl methyl sites for hydroxylation is 1. The molecule has 1 aliphatic rings. The SMILES string of the molecule is O=S(=O)(NCc1ccnc(OCC(F)(F)F)c1)C1=Cc2ccc(OC(F)F)cc2CC1. The third-order valence-corrected chi connectivity index (χ3v) is 5.83. The second kappa shape index (κ2) is 9.18. The Balaban J connectivity index is 1.67. The molecule has 1 aliphatic carbocycles. The number of halogens is 5. The Hall–Kier alpha value is -2.73. The summed E-state index contributed by atoms with van der Waals surface area (Å²) < 4.78 is 97.9. The number of fused-ring (bicyclic) bond motifs is 1. The number of aromatic nitrogens is 1. The molecule has 0 saturated carbocycles. The normalized spacial score (nSPS) is 14.2. The minimum atomic E-state index is -4.52. The van der Waals surface area contributed by atoms with Gasteiger partial charge >= 0.3 is 12.8 Å². The second-order valence-electron chi connectivity index (χ2n) is 6.58. The van der Waals surface area contributed by atoms with Gasteiger partial charge in [0.2, 0.25) is 15.9 Å². The van der Waals surface area contributed by atoms with Crippen molar-refractivity contribution in [2.45, 2.75) is 32.2 Å². The molecule has 0 bridgehead atoms. The maximum Gasteiger partial charge on any atom is 0.422 e. The Bertz CT molecular complexity index is 1070. The number of nitrogens with zero attached hydrogens (tertiary/aromatic N) is 1. The zero-order chi connectivity index (χ0) is 22.6. The lowest BCUT2D eigenvalue weighted by Crippen LogP contribution is -2.26. The van der Waals surface area contributed by atoms with Crippen molar-refractivity contribution < 1.29 is 39.8 Å². The summed E-state index contributed by atoms with van der Waals surface area (Å²) in [5.41, 5.74) is 1.61. The Morgan fingerprint density at radius 3 is 2.61 bits per heavy atom. The molecule has 1 aromatic heterocycles. The van der Waals surface area contributed by atoms with Gasteiger partial charge in [0.1, 0.15) is 5.75 Å². The highest BCUT2D eigenvalue weighted by atomic mass is 32.2. The van der Waals surface area contributed by atoms with Gasteiger partial charge in [0, 0.05) is 18.8 Å². The van der Waals surface area contributed by atoms with Crippen LogP contribution in [0.3, 0.4) is 0 Å². The van der Waals surface area contributed by atoms with Crippen LogP contribution in [0.25, 0.3) is 6.08 Å². The summed E-state index contributed by atoms with van der Waals surface area (Å²) in [6.07, 6.45) is -1.40. The number of sulfonamides is 1. The van der Waals surface area contributed by atoms with Crippen LogP contribution in [0.2, 0.25) is 0 Å². The van der Waals surface area contributed by atoms with Crippen LogP contribution >= 0.6 is 0 Å². The minimum Gasteiger partial charge on any atom is -0.468 e. The number of ether oxygens (including phenoxy) is 2. The predicted molar refractivity (Wildman–Crippen MR) is 101 cm³/mol. The summed E-state index contributed by atoms with van der Waals surface area (Å²) >= 11 is 0. The molecule has 1 N–H and O–H groups in total. The molecule has 12 heteroatoms. The van der Waals surface area contributed by atoms with Gasteiger partial charge in [-0.05, 0) is 53.8 Å². The molecule has 31 heavy (non-hydrogen) atoms. The van der Waals surface area contributed by atoms with Crippen LogP contribution in [0.5, 0.6) is 11.6 Å². The summed E-state index contributed by atoms with van der Waals surface area (Å²) in [7, 11) is -3.88. The van der Waals surface area contributed by atoms with Gasteiger partial charge < -0.3 is 9.47 Å². The Labute approximate surface area is 174 Å². The molecule has 6 nitrogen and oxygen atoms in total. The largest absolute Gasteiger partial charge is 0.468 e. The molecule has 0 amide bonds. The molecule has 3 rings (SSSR count). The van der Waals surface area contributed by atoms with E-state index in [9.17, 15) is 30.4 Å². The first-order valence-electron chi connectivity index (χ1n) is 8.94. The van der Waals surface area contributed by atoms with Crippen LogP contribution < -0.4 is 14.2 Å². The van der Waals surface area contributed by atoms with Gasteiger partial charge in [-0.25, -0.2) is 18.1 Å². The first-order chi connectivity index (χ1) is 14.5. The van der Waals surface area contributed by atoms with Gasteiger partial charge in [-0.1, -0.05) is 6.07 Å². The lowest BCUT2D eigenvalue weighted by Gasteiger charge is -2.18. The molecule has 168 valence electrons. The standard InChI is InChI=1S/C19H17F5N2O4S/c20-18(21)30-15-3-1-14-9-16(4-2-13(14)8-15)31(27,28)26-10-12-5-6-25-17(7-12)29-11-19(22,23)24/h1,3,5-9,18,26H,2,4,10-11H2. The van der Waals surface area contributed by atoms with E-state index in [1.54, 1.807) is 0 Å². The van der Waals surface area contributed by atoms with Crippen molar-refractivity contribution in [1.29, 1.82) is 0 Å². The first-order valence-corrected chi connectivity index (χ1v) is 10.4. The Kier molecular flexibility index (Phi) is 6.80. The van der Waals surface area contributed by atoms with Crippen molar-refractivity contribution in [2.75, 3.05) is 6.61 Å². The van der Waals surface area contributed by atoms with E-state index in [1.807, 2.05) is 0 Å². The molecule has 0 saturated heterocycles. The molecule has 0 radical (unpaired) electrons. The molecule has 0 atom stereocenters. The van der Waals surface area contributed by atoms with E-state index in [1.165, 1.54) is 42.6 Å². The number of rotatable bonds is 8. The molecule has 0 spiro atoms. The van der Waals surface area contributed by atoms with Crippen LogP contribution in [-0.2, 0) is 23.0 Å². The average molecular weight is 464 g/mol. The van der Waals surface area contributed by atoms with Crippen molar-refractivity contribution in [3.63, 3.8) is 0 Å². The van der Waals surface area contributed by atoms with Gasteiger partial charge in [0.15, 0.2) is 6.61 Å². The zero-order valence-electron chi connectivity index (χ0n) is 15.8. The van der Waals surface area contributed by atoms with Gasteiger partial charge in [-0.3, -0.25) is 0 Å². The number of hydrogen-bond acceptors (Lipinski definition) is 5. The third-order valence-electron chi connectivity index (χ3n) is 4.29. The van der Waals surface area contributed by atoms with Crippen LogP contribution in [0.1, 0.15) is 23.1 Å². The smallest absolute Gasteiger partial charge is 0.422 e. The topological polar surface area (TPSA) is 77.5 Å². The predicted octanol–water partition coefficient (Wildman–Crippen LogP) is 4.03. The van der Waals surface area contributed by atoms with Crippen molar-refractivity contribution in [3.8, 4) is 11.6 Å². The molecule has 1 aromatic carbocycles. The molecule has 0 fully saturated rings. The van der Waals surface area contributed by atoms with Gasteiger partial charge in [0.25, 0.3) is 0 Å². The third kappa shape index (κ3) is 6.62. The summed E-state index contributed by atoms with van der Waals surface area (Å²) in [5.74, 6) is -0.283. The molecule has 1 heterocycles. The fourth-order valence-corrected chi connectivity index (χ4v) is 4.09. The highest BCUT2D eigenvalue weighted by molar-refractivity contribution is 7.93. The van der Waals surface area contributed by atoms with Crippen molar-refractivity contribution >= 4 is 16.1 Å². The van der Waals surface area contributed by atoms with Gasteiger partial charge in [-0.15, -0.1) is 0 Å². The first kappa shape index (κ1) is 22.9. The Morgan fingerprint density at radius 1 is 1.13 bits per heavy atom. The minimum absolute atomic E-state index is 0.00665. The Morgan fingerprint density at radius 2 is 1.90 bits per heavy atom. The summed E-state index contributed by atoms with van der Waals surface area (Å²) in [4.78, 5) is 3.76. The summed E-state index contributed by atoms with van der Waals surface area (Å²) in [6.45, 7) is -4.64. The quantitative estimate of drug-likeness (QED) is 0.597. The van der Waals surface area contributed by atoms with Gasteiger partial charge in [0.05, 0.1) is 4.91 Å². The monoisotopic (exact) mass is 464 g/mol. The van der Waals surface area contributed by atoms with Crippen LogP contribution in [0.15, 0.2) is 41.4 Å². The number of alkyl halides is 5. The molecule has 2 aromatic rings. The van der Waals surface area contributed by atoms with E-state index in [0.717, 1.165) is 0 Å². The fourth-order valence-electron chi connectivity index (χ4n) is 2.90. The van der Waals surface area contributed by atoms with Crippen molar-refractivity contribution in [3.05, 3.63) is 58.1 Å². The number of benzene rings is 1. The lowest BCUT2D eigenvalue weighted by atomic mass is 9.97. The molecular weight excluding hydrogens is 447 g/mol. The van der Waals surface area contributed by atoms with E-state index in [0.29, 0.717) is 23.1 Å². The van der Waals surface area contributed by atoms with E-state index < -0.39 is 29.4 Å². The molecule has 0 aliphatic heterocycles. The number of allylic oxidation sites excluding steroid dienone is 1. The highest BCUT2D eigenvalue weighted by Crippen LogP contribution is 2.30. The zero-order valence-corrected chi connectivity index (χ0v) is 16.6. The van der Waals surface area contributed by atoms with Crippen LogP contribution in [0.4, 0.5) is 22.0 Å². The van der Waals surface area contributed by atoms with E-state index in [2.05, 4.69) is 19.2 Å². The molecular formula is C19H17F5N2O4S. The van der Waals surface area contributed by atoms with E-state index >= 15 is 0 Å². The number of pyridine rings is 1. The van der Waals surface area contributed by atoms with Crippen molar-refractivity contribution in [2.24, 2.45) is 0 Å². The number of hydrogen-bond donors (Lipinski definition) is 1. The summed E-state index contributed by atoms with van der Waals surface area (Å²) in [6, 6.07) is 6.91. The highest BCUT2D eigenvalue weighted by Gasteiger charge is 2.28. The van der Waals surface area contributed by atoms with E-state index in [-0.39, 0.29) is 29.5 Å². The maximum absolute atomic E-state index is 12.6. The van der Waals surface area contributed by atoms with Crippen LogP contribution in [0, 0.1) is 0 Å². The maximum atomic E-state index is 12.6. The van der Waals surface area contributed by atoms with Gasteiger partial charge in [-0.2, -0.15) is 22.0 Å². The molecule has 0 unspecified atom stereocenters. The van der Waals surface area contributed by atoms with Crippen LogP contribution in [-0.4, -0.2) is 32.8 Å². The summed E-state index contributed by atoms with van der Waals surface area (Å²) in [5, 5.41) is 0. The lowest BCUT2D eigenvalue weighted by molar-refractivity contribution is -0.154. The fraction of sp³-hybridized carbons (Fsp3) is 0.316. The van der Waals surface area contributed by atoms with E-state index in [4.69, 9.17) is 0 Å². The van der Waals surface area contributed by atoms with Crippen molar-refractivity contribution in [1.82, 2.24) is 9.71 Å².